The third-order valence-electron chi connectivity index (χ3n) is 6.22. The Kier molecular flexibility index (Phi) is 4.26. The van der Waals surface area contributed by atoms with Gasteiger partial charge >= 0.3 is 0 Å². The molecule has 22 heavy (non-hydrogen) atoms. The summed E-state index contributed by atoms with van der Waals surface area (Å²) in [4.78, 5) is 5.63. The van der Waals surface area contributed by atoms with Crippen LogP contribution in [0.15, 0.2) is 24.3 Å². The van der Waals surface area contributed by atoms with E-state index in [1.807, 2.05) is 4.90 Å². The van der Waals surface area contributed by atoms with E-state index in [-0.39, 0.29) is 12.4 Å². The number of aromatic amines is 1. The molecule has 0 aliphatic carbocycles. The maximum absolute atomic E-state index is 3.81. The first kappa shape index (κ1) is 15.9. The number of rotatable bonds is 1. The molecular formula is C19H27ClN2. The van der Waals surface area contributed by atoms with Crippen molar-refractivity contribution in [2.45, 2.75) is 51.5 Å². The van der Waals surface area contributed by atoms with Gasteiger partial charge in [0.05, 0.1) is 18.8 Å². The van der Waals surface area contributed by atoms with Crippen LogP contribution < -0.4 is 17.3 Å². The van der Waals surface area contributed by atoms with Crippen LogP contribution >= 0.6 is 0 Å². The largest absolute Gasteiger partial charge is 1.00 e. The minimum atomic E-state index is 0. The maximum Gasteiger partial charge on any atom is 0.136 e. The highest BCUT2D eigenvalue weighted by molar-refractivity contribution is 5.85. The van der Waals surface area contributed by atoms with Gasteiger partial charge in [0.1, 0.15) is 5.54 Å². The number of aromatic nitrogens is 1. The lowest BCUT2D eigenvalue weighted by Crippen LogP contribution is -3.19. The van der Waals surface area contributed by atoms with Crippen molar-refractivity contribution < 1.29 is 17.3 Å². The zero-order valence-electron chi connectivity index (χ0n) is 13.7. The minimum Gasteiger partial charge on any atom is -1.00 e. The fourth-order valence-corrected chi connectivity index (χ4v) is 4.78. The van der Waals surface area contributed by atoms with E-state index in [2.05, 4.69) is 43.1 Å². The molecular weight excluding hydrogens is 292 g/mol. The molecule has 3 heterocycles. The summed E-state index contributed by atoms with van der Waals surface area (Å²) in [5, 5.41) is 1.47. The van der Waals surface area contributed by atoms with Crippen molar-refractivity contribution in [1.29, 1.82) is 0 Å². The molecule has 0 amide bonds. The first-order chi connectivity index (χ1) is 10.2. The Balaban J connectivity index is 0.00000144. The highest BCUT2D eigenvalue weighted by Crippen LogP contribution is 2.36. The Labute approximate surface area is 139 Å². The van der Waals surface area contributed by atoms with Crippen LogP contribution in [-0.4, -0.2) is 18.1 Å². The van der Waals surface area contributed by atoms with E-state index >= 15 is 0 Å². The van der Waals surface area contributed by atoms with Gasteiger partial charge in [-0.15, -0.1) is 0 Å². The number of aryl methyl sites for hydroxylation is 1. The van der Waals surface area contributed by atoms with Crippen LogP contribution in [0.5, 0.6) is 0 Å². The van der Waals surface area contributed by atoms with Crippen molar-refractivity contribution in [1.82, 2.24) is 4.98 Å². The van der Waals surface area contributed by atoms with Gasteiger partial charge in [0.15, 0.2) is 0 Å². The van der Waals surface area contributed by atoms with Gasteiger partial charge in [-0.2, -0.15) is 0 Å². The second-order valence-corrected chi connectivity index (χ2v) is 7.33. The summed E-state index contributed by atoms with van der Waals surface area (Å²) in [5.74, 6) is 0.930. The Morgan fingerprint density at radius 3 is 2.95 bits per heavy atom. The van der Waals surface area contributed by atoms with Gasteiger partial charge < -0.3 is 22.3 Å². The molecule has 3 unspecified atom stereocenters. The quantitative estimate of drug-likeness (QED) is 0.740. The molecule has 2 aliphatic rings. The van der Waals surface area contributed by atoms with Gasteiger partial charge in [-0.05, 0) is 37.8 Å². The van der Waals surface area contributed by atoms with Crippen LogP contribution in [0.3, 0.4) is 0 Å². The van der Waals surface area contributed by atoms with Crippen LogP contribution in [0.4, 0.5) is 0 Å². The van der Waals surface area contributed by atoms with E-state index in [9.17, 15) is 0 Å². The molecule has 0 bridgehead atoms. The Morgan fingerprint density at radius 1 is 1.32 bits per heavy atom. The van der Waals surface area contributed by atoms with E-state index in [1.54, 1.807) is 11.3 Å². The summed E-state index contributed by atoms with van der Waals surface area (Å²) < 4.78 is 0. The highest BCUT2D eigenvalue weighted by Gasteiger charge is 2.46. The molecule has 3 heteroatoms. The smallest absolute Gasteiger partial charge is 0.136 e. The molecule has 1 aromatic heterocycles. The molecule has 0 radical (unpaired) electrons. The summed E-state index contributed by atoms with van der Waals surface area (Å²) in [6.07, 6.45) is 6.65. The number of quaternary nitrogens is 1. The van der Waals surface area contributed by atoms with Crippen molar-refractivity contribution in [3.8, 4) is 0 Å². The van der Waals surface area contributed by atoms with Crippen LogP contribution in [0.1, 0.15) is 50.8 Å². The molecule has 2 aromatic rings. The number of piperidine rings is 1. The number of benzene rings is 1. The lowest BCUT2D eigenvalue weighted by molar-refractivity contribution is -0.968. The van der Waals surface area contributed by atoms with E-state index in [1.165, 1.54) is 56.1 Å². The van der Waals surface area contributed by atoms with Crippen molar-refractivity contribution in [3.63, 3.8) is 0 Å². The van der Waals surface area contributed by atoms with E-state index in [0.29, 0.717) is 5.54 Å². The average molecular weight is 319 g/mol. The predicted octanol–water partition coefficient (Wildman–Crippen LogP) is 0.0382. The molecule has 4 rings (SSSR count). The summed E-state index contributed by atoms with van der Waals surface area (Å²) in [6.45, 7) is 7.57. The molecule has 2 nitrogen and oxygen atoms in total. The van der Waals surface area contributed by atoms with Gasteiger partial charge in [-0.3, -0.25) is 0 Å². The van der Waals surface area contributed by atoms with Crippen molar-refractivity contribution in [2.75, 3.05) is 13.1 Å². The Bertz CT molecular complexity index is 662. The number of halogens is 1. The fourth-order valence-electron chi connectivity index (χ4n) is 4.78. The molecule has 1 saturated heterocycles. The molecule has 2 N–H and O–H groups in total. The molecule has 1 fully saturated rings. The van der Waals surface area contributed by atoms with Crippen LogP contribution in [0, 0.1) is 5.92 Å². The lowest BCUT2D eigenvalue weighted by atomic mass is 9.79. The number of nitrogens with one attached hydrogen (secondary N) is 2. The zero-order chi connectivity index (χ0) is 14.4. The third kappa shape index (κ3) is 2.28. The second kappa shape index (κ2) is 5.90. The summed E-state index contributed by atoms with van der Waals surface area (Å²) in [5.41, 5.74) is 4.79. The SMILES string of the molecule is CCC1CCC2(C)c3[nH]c4ccccc4c3CCC[NH+]2C1.[Cl-]. The van der Waals surface area contributed by atoms with E-state index in [4.69, 9.17) is 0 Å². The molecule has 0 spiro atoms. The standard InChI is InChI=1S/C19H26N2.ClH/c1-3-14-10-11-19(2)18-16(8-6-12-21(19)13-14)15-7-4-5-9-17(15)20-18;/h4-5,7,9,14,20H,3,6,8,10-13H2,1-2H3;1H. The minimum absolute atomic E-state index is 0. The molecule has 120 valence electrons. The highest BCUT2D eigenvalue weighted by atomic mass is 35.5. The number of fused-ring (bicyclic) bond motifs is 5. The van der Waals surface area contributed by atoms with Gasteiger partial charge in [0.2, 0.25) is 0 Å². The number of hydrogen-bond acceptors (Lipinski definition) is 0. The zero-order valence-corrected chi connectivity index (χ0v) is 14.5. The lowest BCUT2D eigenvalue weighted by Gasteiger charge is -2.43. The van der Waals surface area contributed by atoms with Gasteiger partial charge in [0.25, 0.3) is 0 Å². The van der Waals surface area contributed by atoms with Crippen molar-refractivity contribution in [3.05, 3.63) is 35.5 Å². The predicted molar refractivity (Wildman–Crippen MR) is 87.7 cm³/mol. The molecule has 2 aliphatic heterocycles. The molecule has 3 atom stereocenters. The third-order valence-corrected chi connectivity index (χ3v) is 6.22. The molecule has 0 saturated carbocycles. The van der Waals surface area contributed by atoms with Gasteiger partial charge in [0, 0.05) is 29.7 Å². The number of H-pyrrole nitrogens is 1. The summed E-state index contributed by atoms with van der Waals surface area (Å²) in [6, 6.07) is 8.88. The average Bonchev–Trinajstić information content (AvgIpc) is 2.82. The van der Waals surface area contributed by atoms with Crippen LogP contribution in [0.2, 0.25) is 0 Å². The fraction of sp³-hybridized carbons (Fsp3) is 0.579. The number of para-hydroxylation sites is 1. The summed E-state index contributed by atoms with van der Waals surface area (Å²) in [7, 11) is 0. The first-order valence-electron chi connectivity index (χ1n) is 8.67. The summed E-state index contributed by atoms with van der Waals surface area (Å²) >= 11 is 0. The van der Waals surface area contributed by atoms with Crippen molar-refractivity contribution in [2.24, 2.45) is 5.92 Å². The Hall–Kier alpha value is -0.990. The first-order valence-corrected chi connectivity index (χ1v) is 8.67. The van der Waals surface area contributed by atoms with E-state index < -0.39 is 0 Å². The Morgan fingerprint density at radius 2 is 2.14 bits per heavy atom. The second-order valence-electron chi connectivity index (χ2n) is 7.33. The van der Waals surface area contributed by atoms with Crippen LogP contribution in [-0.2, 0) is 12.0 Å². The topological polar surface area (TPSA) is 20.2 Å². The molecule has 1 aromatic carbocycles. The monoisotopic (exact) mass is 318 g/mol. The van der Waals surface area contributed by atoms with E-state index in [0.717, 1.165) is 5.92 Å². The van der Waals surface area contributed by atoms with Crippen LogP contribution in [0.25, 0.3) is 10.9 Å². The maximum atomic E-state index is 3.81. The normalized spacial score (nSPS) is 31.0. The van der Waals surface area contributed by atoms with Gasteiger partial charge in [-0.25, -0.2) is 0 Å². The number of hydrogen-bond donors (Lipinski definition) is 2. The van der Waals surface area contributed by atoms with Gasteiger partial charge in [-0.1, -0.05) is 25.1 Å². The van der Waals surface area contributed by atoms with Crippen molar-refractivity contribution >= 4 is 10.9 Å².